The Balaban J connectivity index is 1.18. The summed E-state index contributed by atoms with van der Waals surface area (Å²) in [6, 6.07) is 12.5. The zero-order valence-electron chi connectivity index (χ0n) is 19.8. The first-order chi connectivity index (χ1) is 16.2. The van der Waals surface area contributed by atoms with E-state index in [2.05, 4.69) is 10.9 Å². The van der Waals surface area contributed by atoms with Gasteiger partial charge >= 0.3 is 0 Å². The van der Waals surface area contributed by atoms with Crippen molar-refractivity contribution >= 4 is 21.6 Å². The van der Waals surface area contributed by atoms with Crippen LogP contribution in [0.1, 0.15) is 59.6 Å². The second kappa shape index (κ2) is 10.4. The zero-order valence-corrected chi connectivity index (χ0v) is 20.6. The van der Waals surface area contributed by atoms with Crippen LogP contribution in [0.25, 0.3) is 0 Å². The average molecular weight is 489 g/mol. The fourth-order valence-corrected chi connectivity index (χ4v) is 5.77. The van der Waals surface area contributed by atoms with Crippen LogP contribution in [-0.4, -0.2) is 51.7 Å². The molecule has 0 bridgehead atoms. The SMILES string of the molecule is CN(CCCCCC1CC(c2ccc(F)cc2)NN1)C(=O)c1ccc2c(c1)CCN2S(C)(=O)=O. The lowest BCUT2D eigenvalue weighted by atomic mass is 9.99. The Morgan fingerprint density at radius 2 is 1.88 bits per heavy atom. The molecule has 2 aliphatic heterocycles. The second-order valence-corrected chi connectivity index (χ2v) is 11.2. The highest BCUT2D eigenvalue weighted by atomic mass is 32.2. The third-order valence-electron chi connectivity index (χ3n) is 6.73. The van der Waals surface area contributed by atoms with Gasteiger partial charge in [0.25, 0.3) is 5.91 Å². The predicted octanol–water partition coefficient (Wildman–Crippen LogP) is 3.39. The van der Waals surface area contributed by atoms with E-state index in [0.29, 0.717) is 36.8 Å². The number of amides is 1. The molecule has 2 aromatic carbocycles. The summed E-state index contributed by atoms with van der Waals surface area (Å²) in [5.41, 5.74) is 9.92. The molecule has 184 valence electrons. The van der Waals surface area contributed by atoms with Crippen molar-refractivity contribution in [2.24, 2.45) is 0 Å². The van der Waals surface area contributed by atoms with E-state index in [1.807, 2.05) is 25.2 Å². The lowest BCUT2D eigenvalue weighted by Gasteiger charge is -2.19. The molecule has 2 aromatic rings. The normalized spacial score (nSPS) is 19.9. The molecule has 0 aliphatic carbocycles. The smallest absolute Gasteiger partial charge is 0.253 e. The van der Waals surface area contributed by atoms with Crippen LogP contribution in [0.2, 0.25) is 0 Å². The fourth-order valence-electron chi connectivity index (χ4n) is 4.81. The Labute approximate surface area is 201 Å². The number of sulfonamides is 1. The van der Waals surface area contributed by atoms with Gasteiger partial charge in [-0.05, 0) is 67.1 Å². The van der Waals surface area contributed by atoms with Gasteiger partial charge in [-0.15, -0.1) is 0 Å². The van der Waals surface area contributed by atoms with E-state index in [0.717, 1.165) is 43.2 Å². The summed E-state index contributed by atoms with van der Waals surface area (Å²) in [6.45, 7) is 1.11. The second-order valence-electron chi connectivity index (χ2n) is 9.33. The highest BCUT2D eigenvalue weighted by Crippen LogP contribution is 2.31. The molecule has 1 saturated heterocycles. The Morgan fingerprint density at radius 1 is 1.12 bits per heavy atom. The molecule has 0 aromatic heterocycles. The van der Waals surface area contributed by atoms with Crippen LogP contribution >= 0.6 is 0 Å². The highest BCUT2D eigenvalue weighted by Gasteiger charge is 2.27. The van der Waals surface area contributed by atoms with Gasteiger partial charge in [0.15, 0.2) is 0 Å². The van der Waals surface area contributed by atoms with Crippen molar-refractivity contribution in [3.8, 4) is 0 Å². The van der Waals surface area contributed by atoms with Crippen LogP contribution in [0.3, 0.4) is 0 Å². The average Bonchev–Trinajstić information content (AvgIpc) is 3.45. The van der Waals surface area contributed by atoms with Gasteiger partial charge in [-0.2, -0.15) is 0 Å². The summed E-state index contributed by atoms with van der Waals surface area (Å²) in [5.74, 6) is -0.256. The summed E-state index contributed by atoms with van der Waals surface area (Å²) < 4.78 is 38.3. The van der Waals surface area contributed by atoms with Crippen LogP contribution in [0.4, 0.5) is 10.1 Å². The Kier molecular flexibility index (Phi) is 7.54. The maximum absolute atomic E-state index is 13.1. The van der Waals surface area contributed by atoms with E-state index in [9.17, 15) is 17.6 Å². The third kappa shape index (κ3) is 5.76. The Hall–Kier alpha value is -2.49. The minimum Gasteiger partial charge on any atom is -0.342 e. The van der Waals surface area contributed by atoms with Crippen molar-refractivity contribution < 1.29 is 17.6 Å². The molecule has 1 amide bonds. The Bertz CT molecular complexity index is 1120. The van der Waals surface area contributed by atoms with Crippen LogP contribution in [0, 0.1) is 5.82 Å². The van der Waals surface area contributed by atoms with Gasteiger partial charge in [-0.25, -0.2) is 12.8 Å². The lowest BCUT2D eigenvalue weighted by molar-refractivity contribution is 0.0792. The van der Waals surface area contributed by atoms with Gasteiger partial charge in [0.2, 0.25) is 10.0 Å². The molecule has 7 nitrogen and oxygen atoms in total. The number of rotatable bonds is 9. The number of anilines is 1. The number of nitrogens with zero attached hydrogens (tertiary/aromatic N) is 2. The molecule has 9 heteroatoms. The number of nitrogens with one attached hydrogen (secondary N) is 2. The van der Waals surface area contributed by atoms with E-state index >= 15 is 0 Å². The number of hydrogen-bond acceptors (Lipinski definition) is 5. The number of fused-ring (bicyclic) bond motifs is 1. The van der Waals surface area contributed by atoms with Crippen molar-refractivity contribution in [1.82, 2.24) is 15.8 Å². The van der Waals surface area contributed by atoms with E-state index in [1.165, 1.54) is 22.7 Å². The Morgan fingerprint density at radius 3 is 2.62 bits per heavy atom. The highest BCUT2D eigenvalue weighted by molar-refractivity contribution is 7.92. The molecule has 4 rings (SSSR count). The van der Waals surface area contributed by atoms with Crippen molar-refractivity contribution in [3.05, 3.63) is 65.0 Å². The molecule has 0 radical (unpaired) electrons. The maximum atomic E-state index is 13.1. The predicted molar refractivity (Wildman–Crippen MR) is 132 cm³/mol. The summed E-state index contributed by atoms with van der Waals surface area (Å²) in [5, 5.41) is 0. The van der Waals surface area contributed by atoms with Gasteiger partial charge in [0.1, 0.15) is 5.82 Å². The van der Waals surface area contributed by atoms with Crippen molar-refractivity contribution in [2.75, 3.05) is 30.7 Å². The molecular weight excluding hydrogens is 455 g/mol. The van der Waals surface area contributed by atoms with Crippen LogP contribution in [0.5, 0.6) is 0 Å². The van der Waals surface area contributed by atoms with Crippen LogP contribution in [0.15, 0.2) is 42.5 Å². The van der Waals surface area contributed by atoms with Crippen LogP contribution < -0.4 is 15.2 Å². The van der Waals surface area contributed by atoms with Gasteiger partial charge < -0.3 is 4.90 Å². The van der Waals surface area contributed by atoms with Crippen molar-refractivity contribution in [1.29, 1.82) is 0 Å². The topological polar surface area (TPSA) is 81.8 Å². The molecular formula is C25H33FN4O3S. The number of carbonyl (C=O) groups is 1. The van der Waals surface area contributed by atoms with Gasteiger partial charge in [-0.1, -0.05) is 25.0 Å². The minimum atomic E-state index is -3.29. The molecule has 0 spiro atoms. The molecule has 2 N–H and O–H groups in total. The quantitative estimate of drug-likeness (QED) is 0.529. The van der Waals surface area contributed by atoms with E-state index < -0.39 is 10.0 Å². The first kappa shape index (κ1) is 24.6. The summed E-state index contributed by atoms with van der Waals surface area (Å²) in [4.78, 5) is 14.6. The van der Waals surface area contributed by atoms with Gasteiger partial charge in [0.05, 0.1) is 11.9 Å². The van der Waals surface area contributed by atoms with Crippen molar-refractivity contribution in [2.45, 2.75) is 50.6 Å². The number of benzene rings is 2. The molecule has 1 fully saturated rings. The lowest BCUT2D eigenvalue weighted by Crippen LogP contribution is -2.31. The summed E-state index contributed by atoms with van der Waals surface area (Å²) in [7, 11) is -1.48. The largest absolute Gasteiger partial charge is 0.342 e. The van der Waals surface area contributed by atoms with Gasteiger partial charge in [-0.3, -0.25) is 20.0 Å². The summed E-state index contributed by atoms with van der Waals surface area (Å²) in [6.07, 6.45) is 6.87. The van der Waals surface area contributed by atoms with E-state index in [-0.39, 0.29) is 17.8 Å². The first-order valence-corrected chi connectivity index (χ1v) is 13.7. The molecule has 0 saturated carbocycles. The van der Waals surface area contributed by atoms with Gasteiger partial charge in [0, 0.05) is 37.8 Å². The van der Waals surface area contributed by atoms with Crippen molar-refractivity contribution in [3.63, 3.8) is 0 Å². The number of hydrogen-bond donors (Lipinski definition) is 2. The standard InChI is InChI=1S/C25H33FN4O3S/c1-29(25(31)20-9-12-24-19(16-20)13-15-30(24)34(2,32)33)14-5-3-4-6-22-17-23(28-27-22)18-7-10-21(26)11-8-18/h7-12,16,22-23,27-28H,3-6,13-15,17H2,1-2H3. The number of halogens is 1. The molecule has 2 unspecified atom stereocenters. The maximum Gasteiger partial charge on any atom is 0.253 e. The van der Waals surface area contributed by atoms with E-state index in [1.54, 1.807) is 17.0 Å². The minimum absolute atomic E-state index is 0.0376. The number of hydrazine groups is 1. The fraction of sp³-hybridized carbons (Fsp3) is 0.480. The zero-order chi connectivity index (χ0) is 24.3. The third-order valence-corrected chi connectivity index (χ3v) is 7.91. The number of unbranched alkanes of at least 4 members (excludes halogenated alkanes) is 2. The molecule has 34 heavy (non-hydrogen) atoms. The molecule has 2 heterocycles. The molecule has 2 aliphatic rings. The van der Waals surface area contributed by atoms with E-state index in [4.69, 9.17) is 0 Å². The molecule has 2 atom stereocenters. The van der Waals surface area contributed by atoms with Crippen LogP contribution in [-0.2, 0) is 16.4 Å². The number of carbonyl (C=O) groups excluding carboxylic acids is 1. The monoisotopic (exact) mass is 488 g/mol. The summed E-state index contributed by atoms with van der Waals surface area (Å²) >= 11 is 0. The first-order valence-electron chi connectivity index (χ1n) is 11.8.